The number of rotatable bonds is 6. The third-order valence-corrected chi connectivity index (χ3v) is 8.15. The minimum Gasteiger partial charge on any atom is -0.393 e. The van der Waals surface area contributed by atoms with E-state index in [1.165, 1.54) is 41.8 Å². The molecule has 2 fully saturated rings. The lowest BCUT2D eigenvalue weighted by atomic mass is 9.81. The molecule has 0 bridgehead atoms. The van der Waals surface area contributed by atoms with Crippen LogP contribution in [0.2, 0.25) is 5.02 Å². The van der Waals surface area contributed by atoms with E-state index in [9.17, 15) is 23.1 Å². The molecule has 2 aromatic heterocycles. The number of amides is 1. The van der Waals surface area contributed by atoms with Crippen LogP contribution in [0.25, 0.3) is 5.57 Å². The Labute approximate surface area is 224 Å². The van der Waals surface area contributed by atoms with Crippen LogP contribution in [0.4, 0.5) is 13.2 Å². The van der Waals surface area contributed by atoms with Crippen molar-refractivity contribution in [3.05, 3.63) is 74.8 Å². The van der Waals surface area contributed by atoms with Crippen molar-refractivity contribution in [1.82, 2.24) is 25.0 Å². The van der Waals surface area contributed by atoms with Crippen LogP contribution in [0.3, 0.4) is 0 Å². The topological polar surface area (TPSA) is 95.6 Å². The highest BCUT2D eigenvalue weighted by molar-refractivity contribution is 7.11. The van der Waals surface area contributed by atoms with Gasteiger partial charge in [-0.1, -0.05) is 17.7 Å². The normalized spacial score (nSPS) is 24.9. The van der Waals surface area contributed by atoms with Gasteiger partial charge in [-0.15, -0.1) is 11.3 Å². The zero-order valence-electron chi connectivity index (χ0n) is 19.8. The quantitative estimate of drug-likeness (QED) is 0.464. The summed E-state index contributed by atoms with van der Waals surface area (Å²) < 4.78 is 41.4. The average Bonchev–Trinajstić information content (AvgIpc) is 3.62. The standard InChI is InChI=1S/C25H22ClF3N6O2S/c26-17-9-13(27)1-2-16(17)21-20(18-3-5-35(33-18)25(28)29)19-10-14(31-23(37)12-7-15(36)8-12)11-34(19)22(32-21)24-30-4-6-38-24/h1-6,9,12,14-15,21,25,36H,7-8,10-11H2,(H,31,37)/t12?,14-,15?,21-/m0/s1. The van der Waals surface area contributed by atoms with Crippen LogP contribution in [0.1, 0.15) is 48.1 Å². The lowest BCUT2D eigenvalue weighted by Gasteiger charge is -2.32. The third-order valence-electron chi connectivity index (χ3n) is 7.06. The van der Waals surface area contributed by atoms with Crippen LogP contribution in [0.5, 0.6) is 0 Å². The van der Waals surface area contributed by atoms with E-state index < -0.39 is 24.5 Å². The Morgan fingerprint density at radius 2 is 2.08 bits per heavy atom. The number of nitrogens with zero attached hydrogens (tertiary/aromatic N) is 5. The summed E-state index contributed by atoms with van der Waals surface area (Å²) >= 11 is 7.86. The summed E-state index contributed by atoms with van der Waals surface area (Å²) in [6, 6.07) is 4.41. The highest BCUT2D eigenvalue weighted by atomic mass is 35.5. The minimum absolute atomic E-state index is 0.129. The maximum atomic E-state index is 13.9. The second-order valence-corrected chi connectivity index (χ2v) is 10.8. The first-order valence-corrected chi connectivity index (χ1v) is 13.3. The molecular weight excluding hydrogens is 541 g/mol. The second-order valence-electron chi connectivity index (χ2n) is 9.52. The minimum atomic E-state index is -2.83. The maximum Gasteiger partial charge on any atom is 0.333 e. The number of fused-ring (bicyclic) bond motifs is 1. The van der Waals surface area contributed by atoms with Gasteiger partial charge in [0.05, 0.1) is 17.8 Å². The maximum absolute atomic E-state index is 13.9. The molecule has 0 unspecified atom stereocenters. The molecule has 198 valence electrons. The van der Waals surface area contributed by atoms with Crippen LogP contribution in [-0.4, -0.2) is 55.2 Å². The van der Waals surface area contributed by atoms with Crippen LogP contribution in [-0.2, 0) is 4.79 Å². The van der Waals surface area contributed by atoms with Gasteiger partial charge in [0.15, 0.2) is 10.8 Å². The molecular formula is C25H22ClF3N6O2S. The van der Waals surface area contributed by atoms with E-state index >= 15 is 0 Å². The van der Waals surface area contributed by atoms with Gasteiger partial charge in [0.25, 0.3) is 0 Å². The van der Waals surface area contributed by atoms with Crippen molar-refractivity contribution >= 4 is 40.3 Å². The van der Waals surface area contributed by atoms with Gasteiger partial charge >= 0.3 is 6.55 Å². The van der Waals surface area contributed by atoms with E-state index in [0.29, 0.717) is 52.5 Å². The number of thiazole rings is 1. The number of alkyl halides is 2. The van der Waals surface area contributed by atoms with E-state index in [0.717, 1.165) is 5.70 Å². The van der Waals surface area contributed by atoms with E-state index in [2.05, 4.69) is 15.4 Å². The number of hydrogen-bond donors (Lipinski definition) is 2. The van der Waals surface area contributed by atoms with Crippen molar-refractivity contribution < 1.29 is 23.1 Å². The van der Waals surface area contributed by atoms with E-state index in [1.807, 2.05) is 10.3 Å². The second kappa shape index (κ2) is 9.83. The van der Waals surface area contributed by atoms with Crippen LogP contribution in [0.15, 0.2) is 52.7 Å². The van der Waals surface area contributed by atoms with Gasteiger partial charge in [0, 0.05) is 58.5 Å². The van der Waals surface area contributed by atoms with Crippen molar-refractivity contribution in [2.75, 3.05) is 6.54 Å². The number of aromatic nitrogens is 3. The first-order chi connectivity index (χ1) is 18.3. The largest absolute Gasteiger partial charge is 0.393 e. The summed E-state index contributed by atoms with van der Waals surface area (Å²) in [6.07, 6.45) is 3.64. The summed E-state index contributed by atoms with van der Waals surface area (Å²) in [5, 5.41) is 19.4. The Bertz CT molecular complexity index is 1440. The summed E-state index contributed by atoms with van der Waals surface area (Å²) in [5.74, 6) is -0.333. The molecule has 4 heterocycles. The number of benzene rings is 1. The molecule has 3 aromatic rings. The summed E-state index contributed by atoms with van der Waals surface area (Å²) in [5.41, 5.74) is 2.07. The predicted molar refractivity (Wildman–Crippen MR) is 135 cm³/mol. The summed E-state index contributed by atoms with van der Waals surface area (Å²) in [7, 11) is 0. The molecule has 2 aliphatic heterocycles. The van der Waals surface area contributed by atoms with Gasteiger partial charge in [0.2, 0.25) is 5.91 Å². The molecule has 1 aromatic carbocycles. The first-order valence-electron chi connectivity index (χ1n) is 12.0. The Kier molecular flexibility index (Phi) is 6.48. The third kappa shape index (κ3) is 4.50. The molecule has 8 nitrogen and oxygen atoms in total. The highest BCUT2D eigenvalue weighted by Gasteiger charge is 2.42. The van der Waals surface area contributed by atoms with Crippen molar-refractivity contribution in [2.45, 2.75) is 44.0 Å². The van der Waals surface area contributed by atoms with Crippen LogP contribution >= 0.6 is 22.9 Å². The van der Waals surface area contributed by atoms with Crippen LogP contribution < -0.4 is 5.32 Å². The van der Waals surface area contributed by atoms with Crippen LogP contribution in [0, 0.1) is 11.7 Å². The molecule has 1 amide bonds. The number of aliphatic hydroxyl groups excluding tert-OH is 1. The summed E-state index contributed by atoms with van der Waals surface area (Å²) in [4.78, 5) is 24.1. The number of aliphatic hydroxyl groups is 1. The fourth-order valence-corrected chi connectivity index (χ4v) is 6.08. The molecule has 0 spiro atoms. The molecule has 1 aliphatic carbocycles. The number of nitrogens with one attached hydrogen (secondary N) is 1. The fourth-order valence-electron chi connectivity index (χ4n) is 5.17. The van der Waals surface area contributed by atoms with Gasteiger partial charge < -0.3 is 15.3 Å². The van der Waals surface area contributed by atoms with E-state index in [4.69, 9.17) is 16.6 Å². The monoisotopic (exact) mass is 562 g/mol. The zero-order chi connectivity index (χ0) is 26.6. The average molecular weight is 563 g/mol. The van der Waals surface area contributed by atoms with Crippen molar-refractivity contribution in [1.29, 1.82) is 0 Å². The van der Waals surface area contributed by atoms with E-state index in [-0.39, 0.29) is 28.6 Å². The molecule has 38 heavy (non-hydrogen) atoms. The Morgan fingerprint density at radius 3 is 2.74 bits per heavy atom. The lowest BCUT2D eigenvalue weighted by molar-refractivity contribution is -0.132. The Hall–Kier alpha value is -3.22. The summed E-state index contributed by atoms with van der Waals surface area (Å²) in [6.45, 7) is -2.44. The zero-order valence-corrected chi connectivity index (χ0v) is 21.3. The highest BCUT2D eigenvalue weighted by Crippen LogP contribution is 2.46. The van der Waals surface area contributed by atoms with Gasteiger partial charge in [-0.25, -0.2) is 14.1 Å². The number of hydrogen-bond acceptors (Lipinski definition) is 7. The predicted octanol–water partition coefficient (Wildman–Crippen LogP) is 4.40. The molecule has 1 saturated heterocycles. The molecule has 6 rings (SSSR count). The molecule has 2 atom stereocenters. The SMILES string of the molecule is O=C(N[C@H]1CC2=C(c3ccn(C(F)F)n3)[C@H](c3ccc(F)cc3Cl)N=C(c3nccs3)N2C1)C1CC(O)C1. The van der Waals surface area contributed by atoms with Gasteiger partial charge in [0.1, 0.15) is 11.9 Å². The first kappa shape index (κ1) is 25.1. The van der Waals surface area contributed by atoms with Gasteiger partial charge in [-0.3, -0.25) is 9.79 Å². The Morgan fingerprint density at radius 1 is 1.26 bits per heavy atom. The lowest BCUT2D eigenvalue weighted by Crippen LogP contribution is -2.46. The van der Waals surface area contributed by atoms with Crippen molar-refractivity contribution in [3.63, 3.8) is 0 Å². The molecule has 3 aliphatic rings. The smallest absolute Gasteiger partial charge is 0.333 e. The molecule has 13 heteroatoms. The number of amidine groups is 1. The van der Waals surface area contributed by atoms with E-state index in [1.54, 1.807) is 6.20 Å². The molecule has 0 radical (unpaired) electrons. The molecule has 1 saturated carbocycles. The van der Waals surface area contributed by atoms with Gasteiger partial charge in [-0.05, 0) is 31.0 Å². The molecule has 2 N–H and O–H groups in total. The van der Waals surface area contributed by atoms with Crippen molar-refractivity contribution in [3.8, 4) is 0 Å². The Balaban J connectivity index is 1.46. The van der Waals surface area contributed by atoms with Crippen molar-refractivity contribution in [2.24, 2.45) is 10.9 Å². The van der Waals surface area contributed by atoms with Gasteiger partial charge in [-0.2, -0.15) is 13.9 Å². The number of carbonyl (C=O) groups excluding carboxylic acids is 1. The number of halogens is 4. The number of aliphatic imine (C=N–C) groups is 1. The fraction of sp³-hybridized carbons (Fsp3) is 0.360. The number of carbonyl (C=O) groups is 1.